The molecule has 0 aromatic carbocycles. The fourth-order valence-corrected chi connectivity index (χ4v) is 5.93. The van der Waals surface area contributed by atoms with Crippen LogP contribution < -0.4 is 5.32 Å². The number of carbonyl (C=O) groups is 1. The molecule has 0 unspecified atom stereocenters. The molecule has 0 saturated heterocycles. The molecular formula is C18H27N3O. The van der Waals surface area contributed by atoms with Gasteiger partial charge >= 0.3 is 0 Å². The molecule has 4 saturated carbocycles. The van der Waals surface area contributed by atoms with E-state index in [0.29, 0.717) is 12.0 Å². The standard InChI is InChI=1S/C18H27N3O/c1-12-3-16(21(2)20-12)11-19-17(22)10-18-7-13-4-14(8-18)6-15(5-13)9-18/h3,13-15H,4-11H2,1-2H3,(H,19,22). The molecule has 4 heteroatoms. The first-order valence-electron chi connectivity index (χ1n) is 8.78. The molecule has 4 bridgehead atoms. The van der Waals surface area contributed by atoms with Gasteiger partial charge in [0.1, 0.15) is 0 Å². The maximum absolute atomic E-state index is 12.5. The SMILES string of the molecule is Cc1cc(CNC(=O)CC23CC4CC(CC(C4)C2)C3)n(C)n1. The number of amides is 1. The number of hydrogen-bond donors (Lipinski definition) is 1. The van der Waals surface area contributed by atoms with E-state index >= 15 is 0 Å². The van der Waals surface area contributed by atoms with E-state index in [0.717, 1.165) is 35.6 Å². The summed E-state index contributed by atoms with van der Waals surface area (Å²) in [5.41, 5.74) is 2.42. The van der Waals surface area contributed by atoms with Crippen LogP contribution in [0.4, 0.5) is 0 Å². The van der Waals surface area contributed by atoms with Gasteiger partial charge < -0.3 is 5.32 Å². The average Bonchev–Trinajstić information content (AvgIpc) is 2.72. The summed E-state index contributed by atoms with van der Waals surface area (Å²) in [6, 6.07) is 2.05. The van der Waals surface area contributed by atoms with E-state index in [1.165, 1.54) is 38.5 Å². The monoisotopic (exact) mass is 301 g/mol. The predicted octanol–water partition coefficient (Wildman–Crippen LogP) is 2.95. The van der Waals surface area contributed by atoms with Gasteiger partial charge in [-0.25, -0.2) is 0 Å². The van der Waals surface area contributed by atoms with Crippen molar-refractivity contribution in [2.45, 2.75) is 58.4 Å². The van der Waals surface area contributed by atoms with E-state index in [-0.39, 0.29) is 5.91 Å². The number of rotatable bonds is 4. The van der Waals surface area contributed by atoms with Crippen LogP contribution in [0.15, 0.2) is 6.07 Å². The number of aryl methyl sites for hydroxylation is 2. The summed E-state index contributed by atoms with van der Waals surface area (Å²) in [4.78, 5) is 12.5. The Balaban J connectivity index is 1.37. The van der Waals surface area contributed by atoms with E-state index in [1.807, 2.05) is 24.7 Å². The van der Waals surface area contributed by atoms with Gasteiger partial charge in [0.2, 0.25) is 5.91 Å². The Labute approximate surface area is 132 Å². The van der Waals surface area contributed by atoms with Crippen LogP contribution >= 0.6 is 0 Å². The average molecular weight is 301 g/mol. The van der Waals surface area contributed by atoms with Gasteiger partial charge in [0.25, 0.3) is 0 Å². The van der Waals surface area contributed by atoms with Gasteiger partial charge in [-0.3, -0.25) is 9.48 Å². The van der Waals surface area contributed by atoms with E-state index in [4.69, 9.17) is 0 Å². The molecule has 1 heterocycles. The fourth-order valence-electron chi connectivity index (χ4n) is 5.93. The second-order valence-electron chi connectivity index (χ2n) is 8.27. The number of nitrogens with zero attached hydrogens (tertiary/aromatic N) is 2. The Bertz CT molecular complexity index is 554. The van der Waals surface area contributed by atoms with Crippen LogP contribution in [-0.4, -0.2) is 15.7 Å². The summed E-state index contributed by atoms with van der Waals surface area (Å²) in [5, 5.41) is 7.46. The van der Waals surface area contributed by atoms with Gasteiger partial charge in [-0.05, 0) is 74.7 Å². The topological polar surface area (TPSA) is 46.9 Å². The van der Waals surface area contributed by atoms with Crippen LogP contribution in [0.25, 0.3) is 0 Å². The largest absolute Gasteiger partial charge is 0.350 e. The van der Waals surface area contributed by atoms with Gasteiger partial charge in [0.15, 0.2) is 0 Å². The molecule has 0 atom stereocenters. The first-order valence-corrected chi connectivity index (χ1v) is 8.78. The maximum atomic E-state index is 12.5. The molecule has 0 aliphatic heterocycles. The van der Waals surface area contributed by atoms with Crippen molar-refractivity contribution in [3.63, 3.8) is 0 Å². The summed E-state index contributed by atoms with van der Waals surface area (Å²) in [6.07, 6.45) is 8.97. The van der Waals surface area contributed by atoms with Crippen LogP contribution in [0.5, 0.6) is 0 Å². The molecule has 4 nitrogen and oxygen atoms in total. The van der Waals surface area contributed by atoms with Gasteiger partial charge in [-0.2, -0.15) is 5.10 Å². The van der Waals surface area contributed by atoms with Crippen molar-refractivity contribution in [1.82, 2.24) is 15.1 Å². The van der Waals surface area contributed by atoms with Crippen LogP contribution in [0.2, 0.25) is 0 Å². The minimum atomic E-state index is 0.237. The van der Waals surface area contributed by atoms with Crippen LogP contribution in [0.1, 0.15) is 56.3 Å². The molecule has 22 heavy (non-hydrogen) atoms. The summed E-state index contributed by atoms with van der Waals surface area (Å²) < 4.78 is 1.86. The lowest BCUT2D eigenvalue weighted by Gasteiger charge is -2.56. The molecule has 1 aromatic heterocycles. The third-order valence-corrected chi connectivity index (χ3v) is 6.27. The van der Waals surface area contributed by atoms with Crippen LogP contribution in [-0.2, 0) is 18.4 Å². The van der Waals surface area contributed by atoms with Crippen molar-refractivity contribution in [3.05, 3.63) is 17.5 Å². The Hall–Kier alpha value is -1.32. The lowest BCUT2D eigenvalue weighted by Crippen LogP contribution is -2.48. The Morgan fingerprint density at radius 1 is 1.27 bits per heavy atom. The molecule has 0 radical (unpaired) electrons. The fraction of sp³-hybridized carbons (Fsp3) is 0.778. The number of nitrogens with one attached hydrogen (secondary N) is 1. The Morgan fingerprint density at radius 3 is 2.36 bits per heavy atom. The summed E-state index contributed by atoms with van der Waals surface area (Å²) in [5.74, 6) is 2.98. The van der Waals surface area contributed by atoms with E-state index in [1.54, 1.807) is 0 Å². The van der Waals surface area contributed by atoms with Gasteiger partial charge in [0.05, 0.1) is 17.9 Å². The molecule has 5 rings (SSSR count). The van der Waals surface area contributed by atoms with Crippen molar-refractivity contribution in [1.29, 1.82) is 0 Å². The van der Waals surface area contributed by atoms with Crippen molar-refractivity contribution in [2.75, 3.05) is 0 Å². The zero-order valence-corrected chi connectivity index (χ0v) is 13.8. The lowest BCUT2D eigenvalue weighted by molar-refractivity contribution is -0.129. The third kappa shape index (κ3) is 2.57. The maximum Gasteiger partial charge on any atom is 0.220 e. The highest BCUT2D eigenvalue weighted by molar-refractivity contribution is 5.76. The highest BCUT2D eigenvalue weighted by atomic mass is 16.1. The molecule has 4 aliphatic rings. The lowest BCUT2D eigenvalue weighted by atomic mass is 9.49. The van der Waals surface area contributed by atoms with Crippen molar-refractivity contribution in [2.24, 2.45) is 30.2 Å². The minimum Gasteiger partial charge on any atom is -0.350 e. The molecule has 1 amide bonds. The Kier molecular flexibility index (Phi) is 3.31. The van der Waals surface area contributed by atoms with Crippen LogP contribution in [0.3, 0.4) is 0 Å². The minimum absolute atomic E-state index is 0.237. The van der Waals surface area contributed by atoms with E-state index < -0.39 is 0 Å². The van der Waals surface area contributed by atoms with Crippen LogP contribution in [0, 0.1) is 30.1 Å². The quantitative estimate of drug-likeness (QED) is 0.929. The normalized spacial score (nSPS) is 35.8. The number of carbonyl (C=O) groups excluding carboxylic acids is 1. The Morgan fingerprint density at radius 2 is 1.86 bits per heavy atom. The zero-order valence-electron chi connectivity index (χ0n) is 13.8. The van der Waals surface area contributed by atoms with Gasteiger partial charge in [-0.1, -0.05) is 0 Å². The predicted molar refractivity (Wildman–Crippen MR) is 85.0 cm³/mol. The van der Waals surface area contributed by atoms with E-state index in [9.17, 15) is 4.79 Å². The first kappa shape index (κ1) is 14.3. The van der Waals surface area contributed by atoms with Crippen molar-refractivity contribution in [3.8, 4) is 0 Å². The van der Waals surface area contributed by atoms with E-state index in [2.05, 4.69) is 10.4 Å². The second kappa shape index (κ2) is 5.10. The number of hydrogen-bond acceptors (Lipinski definition) is 2. The molecule has 1 N–H and O–H groups in total. The number of aromatic nitrogens is 2. The molecule has 4 aliphatic carbocycles. The molecule has 0 spiro atoms. The summed E-state index contributed by atoms with van der Waals surface area (Å²) >= 11 is 0. The smallest absolute Gasteiger partial charge is 0.220 e. The molecular weight excluding hydrogens is 274 g/mol. The summed E-state index contributed by atoms with van der Waals surface area (Å²) in [7, 11) is 1.94. The molecule has 4 fully saturated rings. The highest BCUT2D eigenvalue weighted by Crippen LogP contribution is 2.61. The third-order valence-electron chi connectivity index (χ3n) is 6.27. The molecule has 120 valence electrons. The second-order valence-corrected chi connectivity index (χ2v) is 8.27. The molecule has 1 aromatic rings. The first-order chi connectivity index (χ1) is 10.5. The zero-order chi connectivity index (χ0) is 15.3. The highest BCUT2D eigenvalue weighted by Gasteiger charge is 2.51. The van der Waals surface area contributed by atoms with Crippen molar-refractivity contribution >= 4 is 5.91 Å². The summed E-state index contributed by atoms with van der Waals surface area (Å²) in [6.45, 7) is 2.59. The van der Waals surface area contributed by atoms with Gasteiger partial charge in [0, 0.05) is 13.5 Å². The van der Waals surface area contributed by atoms with Gasteiger partial charge in [-0.15, -0.1) is 0 Å². The van der Waals surface area contributed by atoms with Crippen molar-refractivity contribution < 1.29 is 4.79 Å².